The molecule has 1 fully saturated rings. The maximum atomic E-state index is 12.7. The van der Waals surface area contributed by atoms with E-state index in [9.17, 15) is 14.4 Å². The highest BCUT2D eigenvalue weighted by atomic mass is 16.6. The van der Waals surface area contributed by atoms with Gasteiger partial charge in [0, 0.05) is 38.2 Å². The van der Waals surface area contributed by atoms with Crippen LogP contribution in [0, 0.1) is 0 Å². The standard InChI is InChI=1S/C35H40N4O4/c1-26(25-39(2,3)23-11-20-38-33(40)30-15-7-8-16-31(30)34(38)41)24-37-21-18-28(19-22-37)43-35(42)36-32-17-10-9-14-29(32)27-12-5-4-6-13-27/h4-10,12-17,28H,1,11,18-25H2,2-3H3/p+1. The molecule has 2 heterocycles. The number of para-hydroxylation sites is 1. The third kappa shape index (κ3) is 7.58. The van der Waals surface area contributed by atoms with Crippen LogP contribution in [0.25, 0.3) is 11.1 Å². The van der Waals surface area contributed by atoms with E-state index in [0.29, 0.717) is 17.7 Å². The molecule has 3 aromatic rings. The van der Waals surface area contributed by atoms with E-state index in [1.54, 1.807) is 24.3 Å². The number of carbonyl (C=O) groups is 3. The number of quaternary nitrogens is 1. The number of hydrogen-bond donors (Lipinski definition) is 1. The lowest BCUT2D eigenvalue weighted by atomic mass is 10.0. The molecule has 43 heavy (non-hydrogen) atoms. The van der Waals surface area contributed by atoms with Crippen LogP contribution in [0.5, 0.6) is 0 Å². The monoisotopic (exact) mass is 581 g/mol. The molecule has 0 aliphatic carbocycles. The number of ether oxygens (including phenoxy) is 1. The molecule has 1 N–H and O–H groups in total. The second kappa shape index (κ2) is 13.4. The lowest BCUT2D eigenvalue weighted by Crippen LogP contribution is -2.46. The van der Waals surface area contributed by atoms with E-state index in [2.05, 4.69) is 30.9 Å². The van der Waals surface area contributed by atoms with Gasteiger partial charge in [-0.05, 0) is 42.2 Å². The number of amides is 3. The highest BCUT2D eigenvalue weighted by molar-refractivity contribution is 6.21. The van der Waals surface area contributed by atoms with Gasteiger partial charge < -0.3 is 9.22 Å². The number of anilines is 1. The summed E-state index contributed by atoms with van der Waals surface area (Å²) in [4.78, 5) is 41.8. The van der Waals surface area contributed by atoms with E-state index in [0.717, 1.165) is 78.9 Å². The smallest absolute Gasteiger partial charge is 0.411 e. The first-order chi connectivity index (χ1) is 20.7. The molecule has 0 radical (unpaired) electrons. The Labute approximate surface area is 254 Å². The first-order valence-electron chi connectivity index (χ1n) is 15.0. The zero-order chi connectivity index (χ0) is 30.4. The second-order valence-electron chi connectivity index (χ2n) is 12.1. The Balaban J connectivity index is 1.02. The van der Waals surface area contributed by atoms with Gasteiger partial charge in [-0.25, -0.2) is 4.79 Å². The third-order valence-corrected chi connectivity index (χ3v) is 8.18. The number of imide groups is 1. The molecule has 3 aromatic carbocycles. The first-order valence-corrected chi connectivity index (χ1v) is 15.0. The largest absolute Gasteiger partial charge is 0.446 e. The normalized spacial score (nSPS) is 15.8. The van der Waals surface area contributed by atoms with Gasteiger partial charge in [-0.15, -0.1) is 0 Å². The van der Waals surface area contributed by atoms with Crippen molar-refractivity contribution < 1.29 is 23.6 Å². The van der Waals surface area contributed by atoms with Crippen LogP contribution in [0.2, 0.25) is 0 Å². The topological polar surface area (TPSA) is 79.0 Å². The Morgan fingerprint density at radius 3 is 2.12 bits per heavy atom. The van der Waals surface area contributed by atoms with Crippen molar-refractivity contribution in [3.05, 3.63) is 102 Å². The minimum absolute atomic E-state index is 0.122. The Bertz CT molecular complexity index is 1440. The number of benzene rings is 3. The summed E-state index contributed by atoms with van der Waals surface area (Å²) in [5, 5.41) is 2.94. The maximum Gasteiger partial charge on any atom is 0.411 e. The zero-order valence-electron chi connectivity index (χ0n) is 25.1. The van der Waals surface area contributed by atoms with Gasteiger partial charge in [0.15, 0.2) is 0 Å². The summed E-state index contributed by atoms with van der Waals surface area (Å²) in [6.45, 7) is 8.87. The number of nitrogens with one attached hydrogen (secondary N) is 1. The van der Waals surface area contributed by atoms with E-state index in [-0.39, 0.29) is 17.9 Å². The molecule has 0 spiro atoms. The number of piperidine rings is 1. The van der Waals surface area contributed by atoms with Crippen molar-refractivity contribution in [1.29, 1.82) is 0 Å². The molecular weight excluding hydrogens is 540 g/mol. The number of likely N-dealkylation sites (N-methyl/N-ethyl adjacent to an activating group) is 1. The Kier molecular flexibility index (Phi) is 9.38. The first kappa shape index (κ1) is 30.2. The van der Waals surface area contributed by atoms with Gasteiger partial charge in [0.2, 0.25) is 0 Å². The van der Waals surface area contributed by atoms with Crippen LogP contribution >= 0.6 is 0 Å². The summed E-state index contributed by atoms with van der Waals surface area (Å²) in [6, 6.07) is 24.7. The fourth-order valence-corrected chi connectivity index (χ4v) is 6.09. The van der Waals surface area contributed by atoms with E-state index in [1.807, 2.05) is 54.6 Å². The Morgan fingerprint density at radius 2 is 1.47 bits per heavy atom. The van der Waals surface area contributed by atoms with Crippen LogP contribution in [-0.2, 0) is 4.74 Å². The van der Waals surface area contributed by atoms with Gasteiger partial charge in [-0.2, -0.15) is 0 Å². The fourth-order valence-electron chi connectivity index (χ4n) is 6.09. The van der Waals surface area contributed by atoms with E-state index in [1.165, 1.54) is 4.90 Å². The molecule has 0 aromatic heterocycles. The minimum Gasteiger partial charge on any atom is -0.446 e. The molecule has 0 bridgehead atoms. The molecule has 0 saturated carbocycles. The summed E-state index contributed by atoms with van der Waals surface area (Å²) >= 11 is 0. The number of likely N-dealkylation sites (tertiary alicyclic amines) is 1. The van der Waals surface area contributed by atoms with Gasteiger partial charge >= 0.3 is 6.09 Å². The van der Waals surface area contributed by atoms with Crippen molar-refractivity contribution in [2.45, 2.75) is 25.4 Å². The van der Waals surface area contributed by atoms with Crippen molar-refractivity contribution in [3.8, 4) is 11.1 Å². The molecule has 1 saturated heterocycles. The molecule has 224 valence electrons. The van der Waals surface area contributed by atoms with E-state index in [4.69, 9.17) is 4.74 Å². The molecule has 8 heteroatoms. The fraction of sp³-hybridized carbons (Fsp3) is 0.343. The van der Waals surface area contributed by atoms with E-state index >= 15 is 0 Å². The number of nitrogens with zero attached hydrogens (tertiary/aromatic N) is 3. The summed E-state index contributed by atoms with van der Waals surface area (Å²) in [5.41, 5.74) is 4.86. The van der Waals surface area contributed by atoms with Gasteiger partial charge in [0.25, 0.3) is 11.8 Å². The van der Waals surface area contributed by atoms with Gasteiger partial charge in [-0.3, -0.25) is 24.7 Å². The van der Waals surface area contributed by atoms with Crippen molar-refractivity contribution >= 4 is 23.6 Å². The molecule has 0 atom stereocenters. The summed E-state index contributed by atoms with van der Waals surface area (Å²) in [6.07, 6.45) is 1.74. The Hall–Kier alpha value is -4.27. The summed E-state index contributed by atoms with van der Waals surface area (Å²) < 4.78 is 6.52. The molecule has 8 nitrogen and oxygen atoms in total. The second-order valence-corrected chi connectivity index (χ2v) is 12.1. The average Bonchev–Trinajstić information content (AvgIpc) is 3.23. The minimum atomic E-state index is -0.425. The molecule has 2 aliphatic heterocycles. The van der Waals surface area contributed by atoms with Crippen LogP contribution < -0.4 is 5.32 Å². The number of rotatable bonds is 11. The number of carbonyl (C=O) groups excluding carboxylic acids is 3. The van der Waals surface area contributed by atoms with Crippen LogP contribution in [0.3, 0.4) is 0 Å². The number of hydrogen-bond acceptors (Lipinski definition) is 5. The van der Waals surface area contributed by atoms with Crippen LogP contribution in [0.1, 0.15) is 40.0 Å². The van der Waals surface area contributed by atoms with Gasteiger partial charge in [-0.1, -0.05) is 67.2 Å². The quantitative estimate of drug-likeness (QED) is 0.179. The third-order valence-electron chi connectivity index (χ3n) is 8.18. The lowest BCUT2D eigenvalue weighted by Gasteiger charge is -2.35. The van der Waals surface area contributed by atoms with Crippen molar-refractivity contribution in [1.82, 2.24) is 9.80 Å². The van der Waals surface area contributed by atoms with Crippen molar-refractivity contribution in [2.75, 3.05) is 58.7 Å². The average molecular weight is 582 g/mol. The highest BCUT2D eigenvalue weighted by Crippen LogP contribution is 2.28. The number of fused-ring (bicyclic) bond motifs is 1. The van der Waals surface area contributed by atoms with Crippen LogP contribution in [0.15, 0.2) is 91.0 Å². The molecule has 2 aliphatic rings. The summed E-state index contributed by atoms with van der Waals surface area (Å²) in [7, 11) is 4.31. The SMILES string of the molecule is C=C(CN1CCC(OC(=O)Nc2ccccc2-c2ccccc2)CC1)C[N+](C)(C)CCCN1C(=O)c2ccccc2C1=O. The maximum absolute atomic E-state index is 12.7. The van der Waals surface area contributed by atoms with Crippen molar-refractivity contribution in [3.63, 3.8) is 0 Å². The predicted octanol–water partition coefficient (Wildman–Crippen LogP) is 5.69. The van der Waals surface area contributed by atoms with E-state index < -0.39 is 6.09 Å². The van der Waals surface area contributed by atoms with Gasteiger partial charge in [0.1, 0.15) is 12.6 Å². The lowest BCUT2D eigenvalue weighted by molar-refractivity contribution is -0.885. The molecular formula is C35H41N4O4+. The Morgan fingerprint density at radius 1 is 0.884 bits per heavy atom. The predicted molar refractivity (Wildman–Crippen MR) is 169 cm³/mol. The molecule has 3 amide bonds. The van der Waals surface area contributed by atoms with Crippen molar-refractivity contribution in [2.24, 2.45) is 0 Å². The van der Waals surface area contributed by atoms with Gasteiger partial charge in [0.05, 0.1) is 37.5 Å². The zero-order valence-corrected chi connectivity index (χ0v) is 25.1. The summed E-state index contributed by atoms with van der Waals surface area (Å²) in [5.74, 6) is -0.394. The highest BCUT2D eigenvalue weighted by Gasteiger charge is 2.35. The van der Waals surface area contributed by atoms with Crippen LogP contribution in [-0.4, -0.2) is 91.7 Å². The molecule has 5 rings (SSSR count). The van der Waals surface area contributed by atoms with Crippen LogP contribution in [0.4, 0.5) is 10.5 Å². The molecule has 0 unspecified atom stereocenters.